The molecule has 0 atom stereocenters. The zero-order valence-corrected chi connectivity index (χ0v) is 17.4. The third-order valence-corrected chi connectivity index (χ3v) is 5.64. The van der Waals surface area contributed by atoms with Crippen LogP contribution in [-0.4, -0.2) is 72.4 Å². The minimum Gasteiger partial charge on any atom is -0.379 e. The molecule has 0 unspecified atom stereocenters. The van der Waals surface area contributed by atoms with Gasteiger partial charge in [-0.25, -0.2) is 9.97 Å². The van der Waals surface area contributed by atoms with Gasteiger partial charge in [0.15, 0.2) is 0 Å². The number of rotatable bonds is 4. The Balaban J connectivity index is 0.00000205. The van der Waals surface area contributed by atoms with Crippen LogP contribution in [0, 0.1) is 0 Å². The van der Waals surface area contributed by atoms with E-state index in [1.807, 2.05) is 0 Å². The highest BCUT2D eigenvalue weighted by Crippen LogP contribution is 2.23. The number of ether oxygens (including phenoxy) is 2. The zero-order valence-electron chi connectivity index (χ0n) is 16.5. The van der Waals surface area contributed by atoms with E-state index in [4.69, 9.17) is 19.4 Å². The third kappa shape index (κ3) is 4.68. The van der Waals surface area contributed by atoms with Crippen molar-refractivity contribution in [1.82, 2.24) is 19.8 Å². The summed E-state index contributed by atoms with van der Waals surface area (Å²) in [5.41, 5.74) is 4.15. The Morgan fingerprint density at radius 3 is 1.52 bits per heavy atom. The maximum atomic E-state index is 5.51. The molecule has 3 aromatic rings. The molecule has 29 heavy (non-hydrogen) atoms. The number of halogens is 1. The minimum absolute atomic E-state index is 0. The van der Waals surface area contributed by atoms with Crippen LogP contribution in [-0.2, 0) is 22.6 Å². The van der Waals surface area contributed by atoms with Gasteiger partial charge in [0.25, 0.3) is 0 Å². The van der Waals surface area contributed by atoms with E-state index in [0.29, 0.717) is 0 Å². The first-order valence-electron chi connectivity index (χ1n) is 10.1. The van der Waals surface area contributed by atoms with Gasteiger partial charge < -0.3 is 9.47 Å². The van der Waals surface area contributed by atoms with Crippen LogP contribution in [0.5, 0.6) is 0 Å². The highest BCUT2D eigenvalue weighted by Gasteiger charge is 2.19. The summed E-state index contributed by atoms with van der Waals surface area (Å²) in [5, 5.41) is 2.42. The number of nitrogens with zero attached hydrogens (tertiary/aromatic N) is 4. The van der Waals surface area contributed by atoms with Crippen molar-refractivity contribution >= 4 is 34.2 Å². The van der Waals surface area contributed by atoms with Crippen molar-refractivity contribution in [3.05, 3.63) is 47.8 Å². The second kappa shape index (κ2) is 9.32. The van der Waals surface area contributed by atoms with E-state index in [9.17, 15) is 0 Å². The summed E-state index contributed by atoms with van der Waals surface area (Å²) in [7, 11) is 0. The molecule has 2 aliphatic rings. The monoisotopic (exact) mass is 414 g/mol. The smallest absolute Gasteiger partial charge is 0.0897 e. The van der Waals surface area contributed by atoms with Crippen LogP contribution in [0.3, 0.4) is 0 Å². The van der Waals surface area contributed by atoms with Gasteiger partial charge in [0.05, 0.1) is 48.8 Å². The van der Waals surface area contributed by atoms with Gasteiger partial charge in [-0.15, -0.1) is 12.4 Å². The Morgan fingerprint density at radius 1 is 0.690 bits per heavy atom. The molecule has 0 bridgehead atoms. The van der Waals surface area contributed by atoms with E-state index < -0.39 is 0 Å². The Morgan fingerprint density at radius 2 is 1.10 bits per heavy atom. The predicted octanol–water partition coefficient (Wildman–Crippen LogP) is 2.87. The van der Waals surface area contributed by atoms with Crippen molar-refractivity contribution in [2.24, 2.45) is 0 Å². The maximum absolute atomic E-state index is 5.51. The molecule has 0 N–H and O–H groups in total. The van der Waals surface area contributed by atoms with Gasteiger partial charge in [-0.2, -0.15) is 0 Å². The summed E-state index contributed by atoms with van der Waals surface area (Å²) in [6.45, 7) is 8.66. The largest absolute Gasteiger partial charge is 0.379 e. The number of aromatic nitrogens is 2. The van der Waals surface area contributed by atoms with Crippen molar-refractivity contribution in [2.75, 3.05) is 52.6 Å². The molecule has 2 saturated heterocycles. The fourth-order valence-corrected chi connectivity index (χ4v) is 4.01. The molecule has 2 fully saturated rings. The van der Waals surface area contributed by atoms with Gasteiger partial charge in [0.2, 0.25) is 0 Å². The zero-order chi connectivity index (χ0) is 18.8. The molecule has 0 aliphatic carbocycles. The molecule has 0 amide bonds. The van der Waals surface area contributed by atoms with E-state index in [0.717, 1.165) is 88.1 Å². The molecule has 2 aromatic carbocycles. The lowest BCUT2D eigenvalue weighted by atomic mass is 10.1. The van der Waals surface area contributed by atoms with Crippen LogP contribution in [0.1, 0.15) is 11.4 Å². The first-order valence-corrected chi connectivity index (χ1v) is 10.1. The SMILES string of the molecule is Cl.c1ccc2cc3nc(CN4CCOCC4)c(CN4CCOCC4)nc3cc2c1. The van der Waals surface area contributed by atoms with Crippen molar-refractivity contribution in [3.8, 4) is 0 Å². The van der Waals surface area contributed by atoms with Gasteiger partial charge in [-0.05, 0) is 22.9 Å². The van der Waals surface area contributed by atoms with E-state index in [-0.39, 0.29) is 12.4 Å². The number of benzene rings is 2. The first kappa shape index (κ1) is 20.4. The summed E-state index contributed by atoms with van der Waals surface area (Å²) < 4.78 is 11.0. The Bertz CT molecular complexity index is 894. The van der Waals surface area contributed by atoms with Gasteiger partial charge in [0, 0.05) is 39.3 Å². The van der Waals surface area contributed by atoms with Gasteiger partial charge in [-0.3, -0.25) is 9.80 Å². The van der Waals surface area contributed by atoms with Crippen molar-refractivity contribution < 1.29 is 9.47 Å². The van der Waals surface area contributed by atoms with E-state index in [1.54, 1.807) is 0 Å². The minimum atomic E-state index is 0. The van der Waals surface area contributed by atoms with Gasteiger partial charge in [-0.1, -0.05) is 24.3 Å². The molecule has 6 nitrogen and oxygen atoms in total. The fraction of sp³-hybridized carbons (Fsp3) is 0.455. The molecular formula is C22H27ClN4O2. The number of fused-ring (bicyclic) bond motifs is 2. The second-order valence-electron chi connectivity index (χ2n) is 7.58. The van der Waals surface area contributed by atoms with Gasteiger partial charge in [0.1, 0.15) is 0 Å². The van der Waals surface area contributed by atoms with Gasteiger partial charge >= 0.3 is 0 Å². The first-order chi connectivity index (χ1) is 13.8. The molecule has 0 spiro atoms. The van der Waals surface area contributed by atoms with Crippen LogP contribution in [0.4, 0.5) is 0 Å². The normalized spacial score (nSPS) is 18.8. The Hall–Kier alpha value is -1.83. The molecule has 1 aromatic heterocycles. The highest BCUT2D eigenvalue weighted by molar-refractivity contribution is 5.94. The van der Waals surface area contributed by atoms with Crippen molar-refractivity contribution in [3.63, 3.8) is 0 Å². The van der Waals surface area contributed by atoms with E-state index in [1.165, 1.54) is 10.8 Å². The number of hydrogen-bond acceptors (Lipinski definition) is 6. The summed E-state index contributed by atoms with van der Waals surface area (Å²) in [6.07, 6.45) is 0. The second-order valence-corrected chi connectivity index (χ2v) is 7.58. The van der Waals surface area contributed by atoms with E-state index >= 15 is 0 Å². The standard InChI is InChI=1S/C22H26N4O2.ClH/c1-2-4-18-14-20-19(13-17(18)3-1)23-21(15-25-5-9-27-10-6-25)22(24-20)16-26-7-11-28-12-8-26;/h1-4,13-14H,5-12,15-16H2;1H. The quantitative estimate of drug-likeness (QED) is 0.612. The molecule has 0 radical (unpaired) electrons. The predicted molar refractivity (Wildman–Crippen MR) is 116 cm³/mol. The molecule has 5 rings (SSSR count). The molecule has 7 heteroatoms. The summed E-state index contributed by atoms with van der Waals surface area (Å²) in [4.78, 5) is 15.0. The van der Waals surface area contributed by atoms with Crippen molar-refractivity contribution in [1.29, 1.82) is 0 Å². The molecule has 154 valence electrons. The highest BCUT2D eigenvalue weighted by atomic mass is 35.5. The molecule has 3 heterocycles. The Labute approximate surface area is 177 Å². The number of morpholine rings is 2. The lowest BCUT2D eigenvalue weighted by Crippen LogP contribution is -2.38. The topological polar surface area (TPSA) is 50.7 Å². The van der Waals surface area contributed by atoms with Crippen LogP contribution >= 0.6 is 12.4 Å². The molecule has 0 saturated carbocycles. The van der Waals surface area contributed by atoms with Crippen LogP contribution in [0.25, 0.3) is 21.8 Å². The maximum Gasteiger partial charge on any atom is 0.0897 e. The lowest BCUT2D eigenvalue weighted by molar-refractivity contribution is 0.0300. The van der Waals surface area contributed by atoms with Crippen LogP contribution < -0.4 is 0 Å². The third-order valence-electron chi connectivity index (χ3n) is 5.64. The summed E-state index contributed by atoms with van der Waals surface area (Å²) in [5.74, 6) is 0. The lowest BCUT2D eigenvalue weighted by Gasteiger charge is -2.29. The average Bonchev–Trinajstić information content (AvgIpc) is 2.74. The summed E-state index contributed by atoms with van der Waals surface area (Å²) in [6, 6.07) is 12.8. The number of hydrogen-bond donors (Lipinski definition) is 0. The van der Waals surface area contributed by atoms with E-state index in [2.05, 4.69) is 46.2 Å². The van der Waals surface area contributed by atoms with Crippen molar-refractivity contribution in [2.45, 2.75) is 13.1 Å². The van der Waals surface area contributed by atoms with Crippen LogP contribution in [0.15, 0.2) is 36.4 Å². The Kier molecular flexibility index (Phi) is 6.57. The average molecular weight is 415 g/mol. The summed E-state index contributed by atoms with van der Waals surface area (Å²) >= 11 is 0. The molecular weight excluding hydrogens is 388 g/mol. The van der Waals surface area contributed by atoms with Crippen LogP contribution in [0.2, 0.25) is 0 Å². The fourth-order valence-electron chi connectivity index (χ4n) is 4.01. The molecule has 2 aliphatic heterocycles.